The lowest BCUT2D eigenvalue weighted by Crippen LogP contribution is -2.35. The third kappa shape index (κ3) is 4.57. The number of carbonyl (C=O) groups is 1. The second kappa shape index (κ2) is 8.23. The van der Waals surface area contributed by atoms with Crippen molar-refractivity contribution in [2.45, 2.75) is 44.6 Å². The predicted octanol–water partition coefficient (Wildman–Crippen LogP) is 3.41. The molecule has 0 radical (unpaired) electrons. The summed E-state index contributed by atoms with van der Waals surface area (Å²) < 4.78 is 26.9. The van der Waals surface area contributed by atoms with E-state index in [0.717, 1.165) is 36.0 Å². The Labute approximate surface area is 161 Å². The molecule has 3 rings (SSSR count). The summed E-state index contributed by atoms with van der Waals surface area (Å²) in [6, 6.07) is 12.5. The highest BCUT2D eigenvalue weighted by Gasteiger charge is 2.25. The smallest absolute Gasteiger partial charge is 0.251 e. The molecule has 0 aromatic heterocycles. The molecule has 1 N–H and O–H groups in total. The maximum Gasteiger partial charge on any atom is 0.251 e. The van der Waals surface area contributed by atoms with Crippen molar-refractivity contribution in [1.29, 1.82) is 0 Å². The summed E-state index contributed by atoms with van der Waals surface area (Å²) in [5.41, 5.74) is 3.58. The molecule has 0 aliphatic carbocycles. The second-order valence-corrected chi connectivity index (χ2v) is 9.05. The molecule has 0 unspecified atom stereocenters. The van der Waals surface area contributed by atoms with Crippen molar-refractivity contribution in [1.82, 2.24) is 9.62 Å². The molecule has 1 amide bonds. The van der Waals surface area contributed by atoms with Gasteiger partial charge in [0, 0.05) is 25.2 Å². The van der Waals surface area contributed by atoms with Gasteiger partial charge in [0.1, 0.15) is 0 Å². The van der Waals surface area contributed by atoms with Crippen molar-refractivity contribution in [3.63, 3.8) is 0 Å². The van der Waals surface area contributed by atoms with Crippen LogP contribution in [0, 0.1) is 13.8 Å². The first kappa shape index (κ1) is 19.6. The van der Waals surface area contributed by atoms with Crippen molar-refractivity contribution < 1.29 is 13.2 Å². The molecule has 144 valence electrons. The third-order valence-corrected chi connectivity index (χ3v) is 6.87. The van der Waals surface area contributed by atoms with Crippen LogP contribution < -0.4 is 5.32 Å². The molecule has 1 heterocycles. The minimum absolute atomic E-state index is 0.127. The van der Waals surface area contributed by atoms with Gasteiger partial charge in [0.2, 0.25) is 10.0 Å². The first-order valence-corrected chi connectivity index (χ1v) is 10.8. The maximum atomic E-state index is 12.7. The van der Waals surface area contributed by atoms with E-state index in [1.807, 2.05) is 32.0 Å². The van der Waals surface area contributed by atoms with Crippen LogP contribution in [0.1, 0.15) is 46.3 Å². The van der Waals surface area contributed by atoms with Gasteiger partial charge >= 0.3 is 0 Å². The van der Waals surface area contributed by atoms with Crippen molar-refractivity contribution in [2.75, 3.05) is 13.1 Å². The van der Waals surface area contributed by atoms with E-state index in [2.05, 4.69) is 5.32 Å². The average Bonchev–Trinajstić information content (AvgIpc) is 2.67. The second-order valence-electron chi connectivity index (χ2n) is 7.11. The van der Waals surface area contributed by atoms with Crippen LogP contribution in [0.2, 0.25) is 0 Å². The van der Waals surface area contributed by atoms with E-state index in [-0.39, 0.29) is 5.91 Å². The largest absolute Gasteiger partial charge is 0.348 e. The number of nitrogens with one attached hydrogen (secondary N) is 1. The van der Waals surface area contributed by atoms with Crippen LogP contribution in [0.4, 0.5) is 0 Å². The average molecular weight is 387 g/mol. The number of sulfonamides is 1. The Hall–Kier alpha value is -2.18. The van der Waals surface area contributed by atoms with Gasteiger partial charge in [0.15, 0.2) is 0 Å². The summed E-state index contributed by atoms with van der Waals surface area (Å²) in [4.78, 5) is 12.7. The monoisotopic (exact) mass is 386 g/mol. The molecule has 1 aliphatic heterocycles. The molecule has 1 saturated heterocycles. The fourth-order valence-electron chi connectivity index (χ4n) is 3.38. The highest BCUT2D eigenvalue weighted by Crippen LogP contribution is 2.21. The van der Waals surface area contributed by atoms with Crippen molar-refractivity contribution in [3.8, 4) is 0 Å². The maximum absolute atomic E-state index is 12.7. The molecule has 5 nitrogen and oxygen atoms in total. The van der Waals surface area contributed by atoms with Gasteiger partial charge in [-0.1, -0.05) is 36.2 Å². The molecule has 6 heteroatoms. The Morgan fingerprint density at radius 2 is 1.67 bits per heavy atom. The number of carbonyl (C=O) groups excluding carboxylic acids is 1. The predicted molar refractivity (Wildman–Crippen MR) is 106 cm³/mol. The summed E-state index contributed by atoms with van der Waals surface area (Å²) in [5, 5.41) is 2.90. The topological polar surface area (TPSA) is 66.5 Å². The van der Waals surface area contributed by atoms with Gasteiger partial charge in [-0.15, -0.1) is 0 Å². The molecule has 0 saturated carbocycles. The molecule has 0 bridgehead atoms. The van der Waals surface area contributed by atoms with Crippen LogP contribution in [0.15, 0.2) is 47.4 Å². The van der Waals surface area contributed by atoms with E-state index in [4.69, 9.17) is 0 Å². The Balaban J connectivity index is 1.64. The molecule has 1 aliphatic rings. The zero-order chi connectivity index (χ0) is 19.4. The first-order chi connectivity index (χ1) is 12.9. The van der Waals surface area contributed by atoms with Gasteiger partial charge in [-0.3, -0.25) is 4.79 Å². The first-order valence-electron chi connectivity index (χ1n) is 9.32. The normalized spacial score (nSPS) is 15.5. The van der Waals surface area contributed by atoms with Crippen LogP contribution in [0.25, 0.3) is 0 Å². The highest BCUT2D eigenvalue weighted by atomic mass is 32.2. The Morgan fingerprint density at radius 3 is 2.30 bits per heavy atom. The van der Waals surface area contributed by atoms with E-state index in [1.54, 1.807) is 28.6 Å². The van der Waals surface area contributed by atoms with Crippen LogP contribution in [-0.4, -0.2) is 31.7 Å². The summed E-state index contributed by atoms with van der Waals surface area (Å²) >= 11 is 0. The third-order valence-electron chi connectivity index (χ3n) is 4.96. The molecule has 0 atom stereocenters. The zero-order valence-electron chi connectivity index (χ0n) is 15.9. The van der Waals surface area contributed by atoms with Gasteiger partial charge < -0.3 is 5.32 Å². The van der Waals surface area contributed by atoms with E-state index < -0.39 is 10.0 Å². The lowest BCUT2D eigenvalue weighted by atomic mass is 10.1. The van der Waals surface area contributed by atoms with E-state index in [1.165, 1.54) is 0 Å². The fraction of sp³-hybridized carbons (Fsp3) is 0.381. The van der Waals surface area contributed by atoms with Crippen LogP contribution in [0.5, 0.6) is 0 Å². The minimum atomic E-state index is -3.42. The number of hydrogen-bond donors (Lipinski definition) is 1. The molecular weight excluding hydrogens is 360 g/mol. The van der Waals surface area contributed by atoms with Gasteiger partial charge in [-0.2, -0.15) is 4.31 Å². The van der Waals surface area contributed by atoms with Gasteiger partial charge in [-0.25, -0.2) is 8.42 Å². The summed E-state index contributed by atoms with van der Waals surface area (Å²) in [7, 11) is -3.42. The van der Waals surface area contributed by atoms with E-state index >= 15 is 0 Å². The lowest BCUT2D eigenvalue weighted by Gasteiger charge is -2.25. The van der Waals surface area contributed by atoms with Crippen LogP contribution >= 0.6 is 0 Å². The zero-order valence-corrected chi connectivity index (χ0v) is 16.7. The van der Waals surface area contributed by atoms with Gasteiger partial charge in [-0.05, 0) is 56.0 Å². The SMILES string of the molecule is Cc1ccc(C(=O)NCc2ccc(S(=O)(=O)N3CCCCC3)cc2)c(C)c1. The van der Waals surface area contributed by atoms with Gasteiger partial charge in [0.25, 0.3) is 5.91 Å². The number of aryl methyl sites for hydroxylation is 2. The molecule has 2 aromatic carbocycles. The molecule has 1 fully saturated rings. The van der Waals surface area contributed by atoms with E-state index in [9.17, 15) is 13.2 Å². The minimum Gasteiger partial charge on any atom is -0.348 e. The molecular formula is C21H26N2O3S. The molecule has 2 aromatic rings. The van der Waals surface area contributed by atoms with Crippen LogP contribution in [-0.2, 0) is 16.6 Å². The lowest BCUT2D eigenvalue weighted by molar-refractivity contribution is 0.0950. The molecule has 0 spiro atoms. The number of hydrogen-bond acceptors (Lipinski definition) is 3. The number of nitrogens with zero attached hydrogens (tertiary/aromatic N) is 1. The highest BCUT2D eigenvalue weighted by molar-refractivity contribution is 7.89. The standard InChI is InChI=1S/C21H26N2O3S/c1-16-6-11-20(17(2)14-16)21(24)22-15-18-7-9-19(10-8-18)27(25,26)23-12-4-3-5-13-23/h6-11,14H,3-5,12-13,15H2,1-2H3,(H,22,24). The number of piperidine rings is 1. The van der Waals surface area contributed by atoms with Crippen molar-refractivity contribution in [2.24, 2.45) is 0 Å². The van der Waals surface area contributed by atoms with Crippen molar-refractivity contribution >= 4 is 15.9 Å². The van der Waals surface area contributed by atoms with Crippen molar-refractivity contribution in [3.05, 3.63) is 64.7 Å². The summed E-state index contributed by atoms with van der Waals surface area (Å²) in [5.74, 6) is -0.127. The quantitative estimate of drug-likeness (QED) is 0.856. The Kier molecular flexibility index (Phi) is 5.97. The van der Waals surface area contributed by atoms with Crippen LogP contribution in [0.3, 0.4) is 0 Å². The number of rotatable bonds is 5. The fourth-order valence-corrected chi connectivity index (χ4v) is 4.90. The van der Waals surface area contributed by atoms with E-state index in [0.29, 0.717) is 30.1 Å². The summed E-state index contributed by atoms with van der Waals surface area (Å²) in [6.07, 6.45) is 2.93. The number of amides is 1. The summed E-state index contributed by atoms with van der Waals surface area (Å²) in [6.45, 7) is 5.46. The Bertz CT molecular complexity index is 915. The van der Waals surface area contributed by atoms with Gasteiger partial charge in [0.05, 0.1) is 4.90 Å². The number of benzene rings is 2. The molecule has 27 heavy (non-hydrogen) atoms. The Morgan fingerprint density at radius 1 is 1.00 bits per heavy atom.